The van der Waals surface area contributed by atoms with Crippen LogP contribution in [0.1, 0.15) is 19.3 Å². The van der Waals surface area contributed by atoms with Gasteiger partial charge in [-0.2, -0.15) is 0 Å². The Morgan fingerprint density at radius 2 is 1.08 bits per heavy atom. The van der Waals surface area contributed by atoms with Crippen molar-refractivity contribution in [2.45, 2.75) is 37.4 Å². The van der Waals surface area contributed by atoms with Crippen LogP contribution in [0.3, 0.4) is 0 Å². The summed E-state index contributed by atoms with van der Waals surface area (Å²) in [5, 5.41) is 38.5. The van der Waals surface area contributed by atoms with Crippen LogP contribution in [0.4, 0.5) is 0 Å². The normalized spacial score (nSPS) is 13.8. The number of hydrogen-bond donors (Lipinski definition) is 7. The third-order valence-electron chi connectivity index (χ3n) is 2.76. The van der Waals surface area contributed by atoms with Crippen LogP contribution in [-0.2, 0) is 28.8 Å². The summed E-state index contributed by atoms with van der Waals surface area (Å²) in [4.78, 5) is 66.0. The smallest absolute Gasteiger partial charge is 0.326 e. The molecular formula is C12H17N3O10. The number of carbonyl (C=O) groups excluding carboxylic acids is 2. The van der Waals surface area contributed by atoms with Crippen LogP contribution < -0.4 is 16.4 Å². The summed E-state index contributed by atoms with van der Waals surface area (Å²) in [6, 6.07) is -5.14. The van der Waals surface area contributed by atoms with Crippen LogP contribution in [0, 0.1) is 0 Å². The van der Waals surface area contributed by atoms with Gasteiger partial charge in [-0.15, -0.1) is 0 Å². The number of carbonyl (C=O) groups is 6. The van der Waals surface area contributed by atoms with E-state index in [1.54, 1.807) is 0 Å². The van der Waals surface area contributed by atoms with E-state index in [9.17, 15) is 28.8 Å². The van der Waals surface area contributed by atoms with Crippen molar-refractivity contribution in [3.63, 3.8) is 0 Å². The monoisotopic (exact) mass is 363 g/mol. The maximum absolute atomic E-state index is 11.7. The largest absolute Gasteiger partial charge is 0.481 e. The van der Waals surface area contributed by atoms with E-state index in [-0.39, 0.29) is 0 Å². The van der Waals surface area contributed by atoms with Gasteiger partial charge in [-0.1, -0.05) is 0 Å². The minimum Gasteiger partial charge on any atom is -0.481 e. The number of carboxylic acid groups (broad SMARTS) is 4. The first-order valence-corrected chi connectivity index (χ1v) is 6.68. The zero-order valence-electron chi connectivity index (χ0n) is 12.7. The average molecular weight is 363 g/mol. The van der Waals surface area contributed by atoms with E-state index in [2.05, 4.69) is 0 Å². The van der Waals surface area contributed by atoms with Crippen LogP contribution in [-0.4, -0.2) is 74.2 Å². The summed E-state index contributed by atoms with van der Waals surface area (Å²) >= 11 is 0. The molecule has 13 heteroatoms. The van der Waals surface area contributed by atoms with Gasteiger partial charge in [-0.3, -0.25) is 19.2 Å². The molecule has 0 aromatic carbocycles. The van der Waals surface area contributed by atoms with E-state index in [1.807, 2.05) is 10.6 Å². The summed E-state index contributed by atoms with van der Waals surface area (Å²) in [5.74, 6) is -8.45. The fraction of sp³-hybridized carbons (Fsp3) is 0.500. The highest BCUT2D eigenvalue weighted by Gasteiger charge is 2.28. The quantitative estimate of drug-likeness (QED) is 0.193. The Balaban J connectivity index is 4.79. The summed E-state index contributed by atoms with van der Waals surface area (Å²) in [7, 11) is 0. The van der Waals surface area contributed by atoms with Crippen molar-refractivity contribution >= 4 is 35.7 Å². The molecule has 25 heavy (non-hydrogen) atoms. The Morgan fingerprint density at radius 1 is 0.680 bits per heavy atom. The molecule has 3 atom stereocenters. The maximum atomic E-state index is 11.7. The summed E-state index contributed by atoms with van der Waals surface area (Å²) in [5.41, 5.74) is 5.11. The third-order valence-corrected chi connectivity index (χ3v) is 2.76. The number of carboxylic acids is 4. The molecular weight excluding hydrogens is 346 g/mol. The fourth-order valence-corrected chi connectivity index (χ4v) is 1.55. The summed E-state index contributed by atoms with van der Waals surface area (Å²) in [6.45, 7) is 0. The topological polar surface area (TPSA) is 233 Å². The van der Waals surface area contributed by atoms with Crippen LogP contribution >= 0.6 is 0 Å². The van der Waals surface area contributed by atoms with Gasteiger partial charge in [0, 0.05) is 0 Å². The van der Waals surface area contributed by atoms with Crippen LogP contribution in [0.2, 0.25) is 0 Å². The average Bonchev–Trinajstić information content (AvgIpc) is 2.44. The molecule has 0 heterocycles. The lowest BCUT2D eigenvalue weighted by atomic mass is 10.1. The van der Waals surface area contributed by atoms with Gasteiger partial charge in [0.2, 0.25) is 11.8 Å². The Bertz CT molecular complexity index is 575. The van der Waals surface area contributed by atoms with Crippen molar-refractivity contribution in [2.24, 2.45) is 5.73 Å². The number of nitrogens with one attached hydrogen (secondary N) is 2. The Hall–Kier alpha value is -3.22. The summed E-state index contributed by atoms with van der Waals surface area (Å²) in [6.07, 6.45) is -2.57. The molecule has 0 saturated carbocycles. The van der Waals surface area contributed by atoms with Gasteiger partial charge in [0.1, 0.15) is 18.1 Å². The molecule has 0 bridgehead atoms. The van der Waals surface area contributed by atoms with Gasteiger partial charge in [-0.25, -0.2) is 9.59 Å². The molecule has 0 aromatic rings. The van der Waals surface area contributed by atoms with Crippen LogP contribution in [0.15, 0.2) is 0 Å². The second kappa shape index (κ2) is 9.82. The molecule has 0 aliphatic heterocycles. The van der Waals surface area contributed by atoms with Crippen molar-refractivity contribution < 1.29 is 49.2 Å². The first-order valence-electron chi connectivity index (χ1n) is 6.68. The second-order valence-electron chi connectivity index (χ2n) is 4.87. The molecule has 140 valence electrons. The van der Waals surface area contributed by atoms with Crippen molar-refractivity contribution in [2.75, 3.05) is 0 Å². The van der Waals surface area contributed by atoms with Gasteiger partial charge < -0.3 is 36.8 Å². The zero-order valence-corrected chi connectivity index (χ0v) is 12.7. The van der Waals surface area contributed by atoms with Gasteiger partial charge in [0.15, 0.2) is 0 Å². The SMILES string of the molecule is N[C@H](CC(=O)NC(CC(=O)NC(CC(=O)O)C(=O)O)C(=O)O)C(=O)O. The Labute approximate surface area is 139 Å². The fourth-order valence-electron chi connectivity index (χ4n) is 1.55. The Kier molecular flexibility index (Phi) is 8.55. The van der Waals surface area contributed by atoms with E-state index in [0.29, 0.717) is 0 Å². The molecule has 13 nitrogen and oxygen atoms in total. The number of aliphatic carboxylic acids is 4. The molecule has 0 aliphatic rings. The molecule has 0 saturated heterocycles. The van der Waals surface area contributed by atoms with Gasteiger partial charge >= 0.3 is 23.9 Å². The van der Waals surface area contributed by atoms with Gasteiger partial charge in [0.25, 0.3) is 0 Å². The lowest BCUT2D eigenvalue weighted by Gasteiger charge is -2.17. The molecule has 0 fully saturated rings. The molecule has 0 aliphatic carbocycles. The van der Waals surface area contributed by atoms with E-state index in [0.717, 1.165) is 0 Å². The third kappa shape index (κ3) is 8.85. The molecule has 2 amide bonds. The number of amides is 2. The molecule has 0 radical (unpaired) electrons. The van der Waals surface area contributed by atoms with Crippen molar-refractivity contribution in [3.05, 3.63) is 0 Å². The highest BCUT2D eigenvalue weighted by Crippen LogP contribution is 1.99. The van der Waals surface area contributed by atoms with E-state index < -0.39 is 73.1 Å². The first kappa shape index (κ1) is 21.8. The highest BCUT2D eigenvalue weighted by molar-refractivity contribution is 5.92. The number of rotatable bonds is 11. The molecule has 0 rings (SSSR count). The standard InChI is InChI=1S/C12H17N3O10/c13-4(10(20)21)1-7(16)14-5(11(22)23)2-8(17)15-6(12(24)25)3-9(18)19/h4-6H,1-3,13H2,(H,14,16)(H,15,17)(H,18,19)(H,20,21)(H,22,23)(H,24,25)/t4-,5?,6?/m1/s1. The molecule has 8 N–H and O–H groups in total. The predicted molar refractivity (Wildman–Crippen MR) is 76.2 cm³/mol. The molecule has 0 aromatic heterocycles. The zero-order chi connectivity index (χ0) is 19.7. The minimum atomic E-state index is -1.78. The first-order chi connectivity index (χ1) is 11.4. The maximum Gasteiger partial charge on any atom is 0.326 e. The Morgan fingerprint density at radius 3 is 1.44 bits per heavy atom. The number of hydrogen-bond acceptors (Lipinski definition) is 7. The molecule has 0 spiro atoms. The van der Waals surface area contributed by atoms with Gasteiger partial charge in [0.05, 0.1) is 19.3 Å². The van der Waals surface area contributed by atoms with Crippen molar-refractivity contribution in [3.8, 4) is 0 Å². The van der Waals surface area contributed by atoms with Crippen LogP contribution in [0.5, 0.6) is 0 Å². The van der Waals surface area contributed by atoms with E-state index in [1.165, 1.54) is 0 Å². The van der Waals surface area contributed by atoms with Gasteiger partial charge in [-0.05, 0) is 0 Å². The number of nitrogens with two attached hydrogens (primary N) is 1. The molecule has 2 unspecified atom stereocenters. The predicted octanol–water partition coefficient (Wildman–Crippen LogP) is -3.21. The highest BCUT2D eigenvalue weighted by atomic mass is 16.4. The lowest BCUT2D eigenvalue weighted by Crippen LogP contribution is -2.49. The van der Waals surface area contributed by atoms with Crippen molar-refractivity contribution in [1.29, 1.82) is 0 Å². The second-order valence-corrected chi connectivity index (χ2v) is 4.87. The summed E-state index contributed by atoms with van der Waals surface area (Å²) < 4.78 is 0. The van der Waals surface area contributed by atoms with Crippen LogP contribution in [0.25, 0.3) is 0 Å². The minimum absolute atomic E-state index is 0.739. The van der Waals surface area contributed by atoms with E-state index >= 15 is 0 Å². The van der Waals surface area contributed by atoms with Crippen molar-refractivity contribution in [1.82, 2.24) is 10.6 Å². The lowest BCUT2D eigenvalue weighted by molar-refractivity contribution is -0.148. The van der Waals surface area contributed by atoms with E-state index in [4.69, 9.17) is 26.2 Å².